The Kier molecular flexibility index (Phi) is 5.72. The standard InChI is InChI=1S/C27H22N2O6/c30-18-7-9-22(25(33)13-18)29-26(34)19-8-6-17(12-20(19)27(29)35)28-14-21-23(31)10-16(11-24(21)32)15-4-2-1-3-5-15/h1-6,8,12,14,16,22,31H,7,9-11,13H2. The van der Waals surface area contributed by atoms with Gasteiger partial charge in [0.05, 0.1) is 34.9 Å². The number of rotatable bonds is 4. The highest BCUT2D eigenvalue weighted by Crippen LogP contribution is 2.34. The van der Waals surface area contributed by atoms with Gasteiger partial charge in [-0.2, -0.15) is 0 Å². The molecule has 0 bridgehead atoms. The molecule has 8 heteroatoms. The number of aliphatic imine (C=N–C) groups is 1. The molecule has 1 N–H and O–H groups in total. The van der Waals surface area contributed by atoms with Crippen LogP contribution in [0.25, 0.3) is 0 Å². The van der Waals surface area contributed by atoms with Gasteiger partial charge in [-0.25, -0.2) is 0 Å². The average Bonchev–Trinajstić information content (AvgIpc) is 3.08. The molecular formula is C27H22N2O6. The summed E-state index contributed by atoms with van der Waals surface area (Å²) in [6.45, 7) is 0. The number of hydrogen-bond acceptors (Lipinski definition) is 7. The van der Waals surface area contributed by atoms with Gasteiger partial charge in [0.2, 0.25) is 0 Å². The van der Waals surface area contributed by atoms with E-state index in [0.29, 0.717) is 12.1 Å². The summed E-state index contributed by atoms with van der Waals surface area (Å²) in [7, 11) is 0. The maximum absolute atomic E-state index is 13.0. The van der Waals surface area contributed by atoms with Crippen LogP contribution in [0, 0.1) is 0 Å². The van der Waals surface area contributed by atoms with Gasteiger partial charge in [0.15, 0.2) is 11.6 Å². The predicted octanol–water partition coefficient (Wildman–Crippen LogP) is 3.63. The van der Waals surface area contributed by atoms with Gasteiger partial charge in [-0.15, -0.1) is 0 Å². The van der Waals surface area contributed by atoms with Crippen LogP contribution in [-0.4, -0.2) is 51.4 Å². The molecule has 3 aliphatic rings. The second-order valence-corrected chi connectivity index (χ2v) is 9.00. The van der Waals surface area contributed by atoms with Gasteiger partial charge < -0.3 is 5.11 Å². The molecule has 1 saturated carbocycles. The Balaban J connectivity index is 1.36. The van der Waals surface area contributed by atoms with Crippen LogP contribution < -0.4 is 0 Å². The zero-order valence-electron chi connectivity index (χ0n) is 18.8. The van der Waals surface area contributed by atoms with E-state index in [-0.39, 0.29) is 65.6 Å². The van der Waals surface area contributed by atoms with Crippen molar-refractivity contribution in [2.45, 2.75) is 44.1 Å². The third kappa shape index (κ3) is 4.12. The lowest BCUT2D eigenvalue weighted by Gasteiger charge is -2.27. The van der Waals surface area contributed by atoms with E-state index >= 15 is 0 Å². The van der Waals surface area contributed by atoms with Crippen molar-refractivity contribution in [3.05, 3.63) is 76.6 Å². The minimum atomic E-state index is -0.938. The molecule has 8 nitrogen and oxygen atoms in total. The lowest BCUT2D eigenvalue weighted by molar-refractivity contribution is -0.132. The summed E-state index contributed by atoms with van der Waals surface area (Å²) in [5.74, 6) is -2.16. The fourth-order valence-corrected chi connectivity index (χ4v) is 4.90. The number of aliphatic hydroxyl groups is 1. The van der Waals surface area contributed by atoms with Crippen molar-refractivity contribution < 1.29 is 29.1 Å². The van der Waals surface area contributed by atoms with E-state index in [9.17, 15) is 29.1 Å². The number of amides is 2. The summed E-state index contributed by atoms with van der Waals surface area (Å²) in [4.78, 5) is 67.5. The number of benzene rings is 2. The molecule has 1 heterocycles. The molecule has 0 spiro atoms. The second kappa shape index (κ2) is 8.87. The fourth-order valence-electron chi connectivity index (χ4n) is 4.90. The van der Waals surface area contributed by atoms with Crippen LogP contribution in [0.4, 0.5) is 5.69 Å². The first-order valence-corrected chi connectivity index (χ1v) is 11.4. The van der Waals surface area contributed by atoms with Crippen molar-refractivity contribution in [2.75, 3.05) is 0 Å². The third-order valence-electron chi connectivity index (χ3n) is 6.75. The summed E-state index contributed by atoms with van der Waals surface area (Å²) in [5.41, 5.74) is 1.72. The summed E-state index contributed by atoms with van der Waals surface area (Å²) in [6.07, 6.45) is 1.87. The van der Waals surface area contributed by atoms with Gasteiger partial charge in [0.1, 0.15) is 11.5 Å². The molecule has 5 rings (SSSR count). The monoisotopic (exact) mass is 470 g/mol. The maximum atomic E-state index is 13.0. The lowest BCUT2D eigenvalue weighted by Crippen LogP contribution is -2.47. The fraction of sp³-hybridized carbons (Fsp3) is 0.259. The van der Waals surface area contributed by atoms with Gasteiger partial charge in [-0.3, -0.25) is 33.9 Å². The Morgan fingerprint density at radius 2 is 1.66 bits per heavy atom. The predicted molar refractivity (Wildman–Crippen MR) is 126 cm³/mol. The Morgan fingerprint density at radius 1 is 0.914 bits per heavy atom. The molecule has 2 aromatic rings. The molecule has 2 aliphatic carbocycles. The number of imide groups is 1. The Bertz CT molecular complexity index is 1340. The first-order valence-electron chi connectivity index (χ1n) is 11.4. The van der Waals surface area contributed by atoms with E-state index in [2.05, 4.69) is 4.99 Å². The van der Waals surface area contributed by atoms with E-state index in [4.69, 9.17) is 0 Å². The van der Waals surface area contributed by atoms with Crippen LogP contribution >= 0.6 is 0 Å². The highest BCUT2D eigenvalue weighted by molar-refractivity contribution is 6.24. The van der Waals surface area contributed by atoms with Crippen LogP contribution in [0.2, 0.25) is 0 Å². The van der Waals surface area contributed by atoms with Gasteiger partial charge >= 0.3 is 0 Å². The second-order valence-electron chi connectivity index (χ2n) is 9.00. The number of hydrogen-bond donors (Lipinski definition) is 1. The largest absolute Gasteiger partial charge is 0.511 e. The molecule has 0 aromatic heterocycles. The molecule has 2 aromatic carbocycles. The molecule has 35 heavy (non-hydrogen) atoms. The molecule has 0 saturated heterocycles. The van der Waals surface area contributed by atoms with Crippen LogP contribution in [0.15, 0.2) is 64.9 Å². The number of allylic oxidation sites excluding steroid dienone is 2. The van der Waals surface area contributed by atoms with Gasteiger partial charge in [0.25, 0.3) is 11.8 Å². The molecule has 2 atom stereocenters. The molecule has 0 radical (unpaired) electrons. The number of Topliss-reactive ketones (excluding diaryl/α,β-unsaturated/α-hetero) is 3. The van der Waals surface area contributed by atoms with Crippen molar-refractivity contribution in [1.29, 1.82) is 0 Å². The number of fused-ring (bicyclic) bond motifs is 1. The maximum Gasteiger partial charge on any atom is 0.262 e. The molecule has 2 unspecified atom stereocenters. The number of nitrogens with zero attached hydrogens (tertiary/aromatic N) is 2. The molecule has 2 amide bonds. The molecule has 1 aliphatic heterocycles. The minimum Gasteiger partial charge on any atom is -0.511 e. The van der Waals surface area contributed by atoms with Crippen molar-refractivity contribution in [3.8, 4) is 0 Å². The topological polar surface area (TPSA) is 121 Å². The van der Waals surface area contributed by atoms with E-state index in [1.54, 1.807) is 0 Å². The van der Waals surface area contributed by atoms with Gasteiger partial charge in [-0.1, -0.05) is 30.3 Å². The summed E-state index contributed by atoms with van der Waals surface area (Å²) >= 11 is 0. The van der Waals surface area contributed by atoms with E-state index in [1.165, 1.54) is 24.4 Å². The normalized spacial score (nSPS) is 23.0. The van der Waals surface area contributed by atoms with E-state index < -0.39 is 23.6 Å². The molecule has 176 valence electrons. The number of carbonyl (C=O) groups excluding carboxylic acids is 5. The summed E-state index contributed by atoms with van der Waals surface area (Å²) in [6, 6.07) is 13.0. The van der Waals surface area contributed by atoms with Crippen molar-refractivity contribution >= 4 is 41.1 Å². The van der Waals surface area contributed by atoms with Crippen LogP contribution in [0.3, 0.4) is 0 Å². The van der Waals surface area contributed by atoms with Crippen molar-refractivity contribution in [1.82, 2.24) is 4.90 Å². The highest BCUT2D eigenvalue weighted by Gasteiger charge is 2.44. The van der Waals surface area contributed by atoms with Crippen molar-refractivity contribution in [2.24, 2.45) is 4.99 Å². The first-order chi connectivity index (χ1) is 16.8. The molecule has 1 fully saturated rings. The zero-order chi connectivity index (χ0) is 24.7. The number of carbonyl (C=O) groups is 5. The quantitative estimate of drug-likeness (QED) is 0.414. The average molecular weight is 470 g/mol. The highest BCUT2D eigenvalue weighted by atomic mass is 16.3. The third-order valence-corrected chi connectivity index (χ3v) is 6.75. The molecular weight excluding hydrogens is 448 g/mol. The van der Waals surface area contributed by atoms with E-state index in [1.807, 2.05) is 30.3 Å². The number of aliphatic hydroxyl groups excluding tert-OH is 1. The summed E-state index contributed by atoms with van der Waals surface area (Å²) in [5, 5.41) is 10.5. The van der Waals surface area contributed by atoms with Crippen LogP contribution in [0.1, 0.15) is 64.3 Å². The van der Waals surface area contributed by atoms with Crippen molar-refractivity contribution in [3.63, 3.8) is 0 Å². The first kappa shape index (κ1) is 22.6. The van der Waals surface area contributed by atoms with Crippen LogP contribution in [0.5, 0.6) is 0 Å². The SMILES string of the molecule is O=C1CCC(N2C(=O)c3ccc(N=CC4=C(O)CC(c5ccccc5)CC4=O)cc3C2=O)C(=O)C1. The summed E-state index contributed by atoms with van der Waals surface area (Å²) < 4.78 is 0. The van der Waals surface area contributed by atoms with Crippen LogP contribution in [-0.2, 0) is 14.4 Å². The van der Waals surface area contributed by atoms with Gasteiger partial charge in [-0.05, 0) is 36.1 Å². The number of ketones is 3. The van der Waals surface area contributed by atoms with E-state index in [0.717, 1.165) is 10.5 Å². The lowest BCUT2D eigenvalue weighted by atomic mass is 9.83. The Labute approximate surface area is 201 Å². The Hall–Kier alpha value is -4.20. The Morgan fingerprint density at radius 3 is 2.37 bits per heavy atom. The smallest absolute Gasteiger partial charge is 0.262 e. The zero-order valence-corrected chi connectivity index (χ0v) is 18.8. The van der Waals surface area contributed by atoms with Gasteiger partial charge in [0, 0.05) is 25.5 Å². The minimum absolute atomic E-state index is 0.0391.